The van der Waals surface area contributed by atoms with E-state index in [4.69, 9.17) is 19.9 Å². The molecule has 2 aromatic carbocycles. The first kappa shape index (κ1) is 18.1. The monoisotopic (exact) mass is 361 g/mol. The van der Waals surface area contributed by atoms with E-state index in [9.17, 15) is 5.26 Å². The van der Waals surface area contributed by atoms with Gasteiger partial charge in [-0.25, -0.2) is 4.98 Å². The number of rotatable bonds is 5. The first-order valence-electron chi connectivity index (χ1n) is 8.19. The van der Waals surface area contributed by atoms with E-state index in [2.05, 4.69) is 11.1 Å². The van der Waals surface area contributed by atoms with Crippen molar-refractivity contribution < 1.29 is 14.2 Å². The lowest BCUT2D eigenvalue weighted by Gasteiger charge is -2.14. The Bertz CT molecular complexity index is 1030. The summed E-state index contributed by atoms with van der Waals surface area (Å²) in [6, 6.07) is 16.9. The van der Waals surface area contributed by atoms with Gasteiger partial charge in [0, 0.05) is 11.1 Å². The summed E-state index contributed by atoms with van der Waals surface area (Å²) in [6.07, 6.45) is 0. The number of nitriles is 1. The lowest BCUT2D eigenvalue weighted by atomic mass is 9.98. The fourth-order valence-corrected chi connectivity index (χ4v) is 2.91. The normalized spacial score (nSPS) is 10.1. The molecular formula is C21H19N3O3. The molecule has 27 heavy (non-hydrogen) atoms. The van der Waals surface area contributed by atoms with Crippen LogP contribution in [0.2, 0.25) is 0 Å². The van der Waals surface area contributed by atoms with Gasteiger partial charge >= 0.3 is 0 Å². The maximum atomic E-state index is 9.60. The highest BCUT2D eigenvalue weighted by atomic mass is 16.5. The summed E-state index contributed by atoms with van der Waals surface area (Å²) in [5.74, 6) is 2.00. The van der Waals surface area contributed by atoms with E-state index in [-0.39, 0.29) is 5.82 Å². The molecule has 0 spiro atoms. The number of pyridine rings is 1. The molecule has 1 heterocycles. The first-order valence-corrected chi connectivity index (χ1v) is 8.19. The van der Waals surface area contributed by atoms with Crippen LogP contribution in [0.15, 0.2) is 48.5 Å². The van der Waals surface area contributed by atoms with Crippen LogP contribution in [0.1, 0.15) is 5.56 Å². The van der Waals surface area contributed by atoms with Crippen molar-refractivity contribution in [3.63, 3.8) is 0 Å². The van der Waals surface area contributed by atoms with Gasteiger partial charge in [-0.15, -0.1) is 0 Å². The van der Waals surface area contributed by atoms with Gasteiger partial charge in [-0.05, 0) is 35.9 Å². The Morgan fingerprint density at radius 3 is 2.22 bits per heavy atom. The average molecular weight is 361 g/mol. The van der Waals surface area contributed by atoms with Gasteiger partial charge in [0.25, 0.3) is 0 Å². The van der Waals surface area contributed by atoms with Crippen LogP contribution < -0.4 is 19.9 Å². The largest absolute Gasteiger partial charge is 0.496 e. The molecule has 6 heteroatoms. The predicted octanol–water partition coefficient (Wildman–Crippen LogP) is 3.90. The van der Waals surface area contributed by atoms with Crippen molar-refractivity contribution in [1.29, 1.82) is 5.26 Å². The smallest absolute Gasteiger partial charge is 0.161 e. The summed E-state index contributed by atoms with van der Waals surface area (Å²) in [5.41, 5.74) is 9.24. The minimum absolute atomic E-state index is 0.158. The summed E-state index contributed by atoms with van der Waals surface area (Å²) >= 11 is 0. The summed E-state index contributed by atoms with van der Waals surface area (Å²) in [4.78, 5) is 4.40. The zero-order valence-electron chi connectivity index (χ0n) is 15.3. The van der Waals surface area contributed by atoms with Crippen LogP contribution in [0.3, 0.4) is 0 Å². The fraction of sp³-hybridized carbons (Fsp3) is 0.143. The molecule has 0 unspecified atom stereocenters. The molecule has 3 aromatic rings. The number of hydrogen-bond donors (Lipinski definition) is 1. The van der Waals surface area contributed by atoms with Crippen molar-refractivity contribution in [2.75, 3.05) is 27.1 Å². The number of anilines is 1. The molecule has 2 N–H and O–H groups in total. The van der Waals surface area contributed by atoms with E-state index in [0.29, 0.717) is 34.1 Å². The minimum Gasteiger partial charge on any atom is -0.496 e. The van der Waals surface area contributed by atoms with Gasteiger partial charge in [0.1, 0.15) is 23.2 Å². The van der Waals surface area contributed by atoms with Crippen molar-refractivity contribution in [3.8, 4) is 45.7 Å². The maximum absolute atomic E-state index is 9.60. The highest BCUT2D eigenvalue weighted by Crippen LogP contribution is 2.37. The van der Waals surface area contributed by atoms with Crippen molar-refractivity contribution in [2.45, 2.75) is 0 Å². The number of ether oxygens (including phenoxy) is 3. The summed E-state index contributed by atoms with van der Waals surface area (Å²) in [6.45, 7) is 0. The third kappa shape index (κ3) is 3.35. The van der Waals surface area contributed by atoms with E-state index in [0.717, 1.165) is 11.1 Å². The number of benzene rings is 2. The highest BCUT2D eigenvalue weighted by molar-refractivity contribution is 5.82. The van der Waals surface area contributed by atoms with Crippen LogP contribution in [0.4, 0.5) is 5.82 Å². The number of methoxy groups -OCH3 is 3. The lowest BCUT2D eigenvalue weighted by molar-refractivity contribution is 0.355. The standard InChI is InChI=1S/C21H19N3O3/c1-25-18-7-5-4-6-14(18)17-11-15(16(12-22)21(23)24-17)13-8-9-19(26-2)20(10-13)27-3/h4-11H,1-3H3,(H2,23,24). The quantitative estimate of drug-likeness (QED) is 0.741. The fourth-order valence-electron chi connectivity index (χ4n) is 2.91. The van der Waals surface area contributed by atoms with Gasteiger partial charge in [-0.3, -0.25) is 0 Å². The van der Waals surface area contributed by atoms with Gasteiger partial charge in [-0.1, -0.05) is 18.2 Å². The second-order valence-corrected chi connectivity index (χ2v) is 5.70. The maximum Gasteiger partial charge on any atom is 0.161 e. The van der Waals surface area contributed by atoms with E-state index in [1.54, 1.807) is 33.5 Å². The van der Waals surface area contributed by atoms with E-state index < -0.39 is 0 Å². The van der Waals surface area contributed by atoms with Gasteiger partial charge in [0.05, 0.1) is 27.0 Å². The predicted molar refractivity (Wildman–Crippen MR) is 104 cm³/mol. The van der Waals surface area contributed by atoms with E-state index >= 15 is 0 Å². The minimum atomic E-state index is 0.158. The third-order valence-corrected chi connectivity index (χ3v) is 4.24. The van der Waals surface area contributed by atoms with Crippen LogP contribution >= 0.6 is 0 Å². The molecule has 1 aromatic heterocycles. The Labute approximate surface area is 157 Å². The zero-order valence-corrected chi connectivity index (χ0v) is 15.3. The van der Waals surface area contributed by atoms with Crippen molar-refractivity contribution in [2.24, 2.45) is 0 Å². The SMILES string of the molecule is COc1ccc(-c2cc(-c3ccccc3OC)nc(N)c2C#N)cc1OC. The molecule has 6 nitrogen and oxygen atoms in total. The summed E-state index contributed by atoms with van der Waals surface area (Å²) in [5, 5.41) is 9.60. The molecule has 0 saturated heterocycles. The number of hydrogen-bond acceptors (Lipinski definition) is 6. The molecule has 0 atom stereocenters. The molecule has 136 valence electrons. The Morgan fingerprint density at radius 1 is 0.852 bits per heavy atom. The zero-order chi connectivity index (χ0) is 19.4. The molecule has 0 radical (unpaired) electrons. The van der Waals surface area contributed by atoms with Gasteiger partial charge in [0.2, 0.25) is 0 Å². The first-order chi connectivity index (χ1) is 13.1. The number of nitrogens with zero attached hydrogens (tertiary/aromatic N) is 2. The molecule has 0 aliphatic carbocycles. The Balaban J connectivity index is 2.24. The van der Waals surface area contributed by atoms with E-state index in [1.807, 2.05) is 36.4 Å². The molecule has 0 saturated carbocycles. The molecule has 0 fully saturated rings. The van der Waals surface area contributed by atoms with Crippen molar-refractivity contribution in [3.05, 3.63) is 54.1 Å². The number of aromatic nitrogens is 1. The van der Waals surface area contributed by atoms with Crippen LogP contribution in [0.25, 0.3) is 22.4 Å². The molecular weight excluding hydrogens is 342 g/mol. The second-order valence-electron chi connectivity index (χ2n) is 5.70. The summed E-state index contributed by atoms with van der Waals surface area (Å²) < 4.78 is 16.1. The van der Waals surface area contributed by atoms with Gasteiger partial charge in [-0.2, -0.15) is 5.26 Å². The van der Waals surface area contributed by atoms with Crippen LogP contribution in [0, 0.1) is 11.3 Å². The molecule has 3 rings (SSSR count). The number of nitrogen functional groups attached to an aromatic ring is 1. The van der Waals surface area contributed by atoms with Crippen LogP contribution in [-0.4, -0.2) is 26.3 Å². The number of para-hydroxylation sites is 1. The van der Waals surface area contributed by atoms with Crippen molar-refractivity contribution >= 4 is 5.82 Å². The topological polar surface area (TPSA) is 90.4 Å². The van der Waals surface area contributed by atoms with Crippen molar-refractivity contribution in [1.82, 2.24) is 4.98 Å². The number of nitrogens with two attached hydrogens (primary N) is 1. The Hall–Kier alpha value is -3.72. The Kier molecular flexibility index (Phi) is 5.13. The third-order valence-electron chi connectivity index (χ3n) is 4.24. The second kappa shape index (κ2) is 7.67. The van der Waals surface area contributed by atoms with Gasteiger partial charge < -0.3 is 19.9 Å². The van der Waals surface area contributed by atoms with Crippen LogP contribution in [-0.2, 0) is 0 Å². The molecule has 0 amide bonds. The van der Waals surface area contributed by atoms with Gasteiger partial charge in [0.15, 0.2) is 11.5 Å². The average Bonchev–Trinajstić information content (AvgIpc) is 2.72. The molecule has 0 bridgehead atoms. The highest BCUT2D eigenvalue weighted by Gasteiger charge is 2.17. The Morgan fingerprint density at radius 2 is 1.56 bits per heavy atom. The van der Waals surface area contributed by atoms with Crippen LogP contribution in [0.5, 0.6) is 17.2 Å². The summed E-state index contributed by atoms with van der Waals surface area (Å²) in [7, 11) is 4.73. The lowest BCUT2D eigenvalue weighted by Crippen LogP contribution is -2.01. The molecule has 0 aliphatic heterocycles. The van der Waals surface area contributed by atoms with E-state index in [1.165, 1.54) is 0 Å². The molecule has 0 aliphatic rings.